The number of hydrogen-bond donors (Lipinski definition) is 2. The molecule has 0 radical (unpaired) electrons. The van der Waals surface area contributed by atoms with Gasteiger partial charge in [-0.3, -0.25) is 4.79 Å². The average molecular weight is 351 g/mol. The molecule has 3 rings (SSSR count). The molecular formula is C16H15ClN2O5. The molecule has 126 valence electrons. The van der Waals surface area contributed by atoms with Gasteiger partial charge in [-0.1, -0.05) is 25.4 Å². The molecule has 0 aliphatic carbocycles. The molecule has 8 heteroatoms. The molecule has 1 aliphatic heterocycles. The van der Waals surface area contributed by atoms with Crippen molar-refractivity contribution in [2.75, 3.05) is 6.61 Å². The van der Waals surface area contributed by atoms with Gasteiger partial charge in [-0.25, -0.2) is 9.78 Å². The van der Waals surface area contributed by atoms with Crippen molar-refractivity contribution in [3.63, 3.8) is 0 Å². The summed E-state index contributed by atoms with van der Waals surface area (Å²) in [7, 11) is 0. The summed E-state index contributed by atoms with van der Waals surface area (Å²) in [5.41, 5.74) is -0.263. The maximum absolute atomic E-state index is 12.1. The van der Waals surface area contributed by atoms with E-state index in [4.69, 9.17) is 16.3 Å². The van der Waals surface area contributed by atoms with Crippen LogP contribution in [0, 0.1) is 5.92 Å². The zero-order chi connectivity index (χ0) is 17.6. The van der Waals surface area contributed by atoms with Gasteiger partial charge in [-0.2, -0.15) is 0 Å². The lowest BCUT2D eigenvalue weighted by Crippen LogP contribution is -2.25. The van der Waals surface area contributed by atoms with Gasteiger partial charge in [0, 0.05) is 18.3 Å². The van der Waals surface area contributed by atoms with E-state index in [1.54, 1.807) is 4.57 Å². The number of aromatic nitrogens is 2. The Morgan fingerprint density at radius 1 is 1.46 bits per heavy atom. The first-order valence-corrected chi connectivity index (χ1v) is 7.69. The Balaban J connectivity index is 2.35. The number of aromatic hydroxyl groups is 1. The monoisotopic (exact) mass is 350 g/mol. The summed E-state index contributed by atoms with van der Waals surface area (Å²) in [6.45, 7) is 4.16. The molecule has 0 saturated carbocycles. The lowest BCUT2D eigenvalue weighted by molar-refractivity contribution is 0.0694. The van der Waals surface area contributed by atoms with E-state index in [1.807, 2.05) is 13.8 Å². The second-order valence-corrected chi connectivity index (χ2v) is 6.27. The molecule has 2 N–H and O–H groups in total. The first kappa shape index (κ1) is 16.3. The molecule has 0 aromatic carbocycles. The normalized spacial score (nSPS) is 16.1. The van der Waals surface area contributed by atoms with Crippen LogP contribution in [0.4, 0.5) is 0 Å². The van der Waals surface area contributed by atoms with Crippen LogP contribution in [0.1, 0.15) is 30.2 Å². The summed E-state index contributed by atoms with van der Waals surface area (Å²) in [5, 5.41) is 18.8. The van der Waals surface area contributed by atoms with Crippen molar-refractivity contribution in [3.8, 4) is 22.9 Å². The average Bonchev–Trinajstić information content (AvgIpc) is 2.64. The molecule has 2 aromatic rings. The zero-order valence-electron chi connectivity index (χ0n) is 13.0. The number of pyridine rings is 2. The van der Waals surface area contributed by atoms with Crippen LogP contribution in [0.5, 0.6) is 11.5 Å². The van der Waals surface area contributed by atoms with Gasteiger partial charge in [0.1, 0.15) is 17.9 Å². The van der Waals surface area contributed by atoms with Crippen molar-refractivity contribution in [2.24, 2.45) is 5.92 Å². The van der Waals surface area contributed by atoms with Gasteiger partial charge < -0.3 is 19.5 Å². The van der Waals surface area contributed by atoms with Crippen LogP contribution in [-0.2, 0) is 0 Å². The Kier molecular flexibility index (Phi) is 3.96. The maximum atomic E-state index is 12.1. The minimum absolute atomic E-state index is 0.103. The SMILES string of the molecule is CC(C)[C@@H]1COc2cc(O)c(Cl)nc2-c2cc(=O)c(C(=O)O)cn21. The highest BCUT2D eigenvalue weighted by atomic mass is 35.5. The van der Waals surface area contributed by atoms with Gasteiger partial charge in [0.25, 0.3) is 0 Å². The fourth-order valence-electron chi connectivity index (χ4n) is 2.70. The van der Waals surface area contributed by atoms with Gasteiger partial charge in [0.2, 0.25) is 0 Å². The number of hydrogen-bond acceptors (Lipinski definition) is 5. The number of aromatic carboxylic acids is 1. The summed E-state index contributed by atoms with van der Waals surface area (Å²) in [6, 6.07) is 2.34. The first-order valence-electron chi connectivity index (χ1n) is 7.31. The Hall–Kier alpha value is -2.54. The standard InChI is InChI=1S/C16H15ClN2O5/c1-7(2)10-6-24-13-4-12(21)15(17)18-14(13)9-3-11(20)8(16(22)23)5-19(9)10/h3-5,7,10,21H,6H2,1-2H3,(H,22,23)/t10-/m0/s1. The van der Waals surface area contributed by atoms with Gasteiger partial charge in [-0.05, 0) is 5.92 Å². The van der Waals surface area contributed by atoms with Crippen LogP contribution < -0.4 is 10.2 Å². The van der Waals surface area contributed by atoms with Gasteiger partial charge in [0.05, 0.1) is 11.7 Å². The van der Waals surface area contributed by atoms with E-state index in [9.17, 15) is 19.8 Å². The van der Waals surface area contributed by atoms with E-state index >= 15 is 0 Å². The van der Waals surface area contributed by atoms with Crippen molar-refractivity contribution in [2.45, 2.75) is 19.9 Å². The van der Waals surface area contributed by atoms with E-state index in [2.05, 4.69) is 4.98 Å². The van der Waals surface area contributed by atoms with Crippen LogP contribution in [0.2, 0.25) is 5.15 Å². The molecule has 0 spiro atoms. The van der Waals surface area contributed by atoms with Crippen molar-refractivity contribution in [3.05, 3.63) is 39.3 Å². The fourth-order valence-corrected chi connectivity index (χ4v) is 2.84. The zero-order valence-corrected chi connectivity index (χ0v) is 13.7. The predicted octanol–water partition coefficient (Wildman–Crippen LogP) is 2.56. The molecule has 0 unspecified atom stereocenters. The van der Waals surface area contributed by atoms with E-state index in [0.717, 1.165) is 0 Å². The molecular weight excluding hydrogens is 336 g/mol. The molecule has 0 amide bonds. The minimum Gasteiger partial charge on any atom is -0.505 e. The lowest BCUT2D eigenvalue weighted by atomic mass is 10.0. The third kappa shape index (κ3) is 2.60. The molecule has 1 atom stereocenters. The summed E-state index contributed by atoms with van der Waals surface area (Å²) in [4.78, 5) is 27.5. The molecule has 1 aliphatic rings. The molecule has 24 heavy (non-hydrogen) atoms. The van der Waals surface area contributed by atoms with Crippen LogP contribution in [0.15, 0.2) is 23.1 Å². The van der Waals surface area contributed by atoms with Crippen molar-refractivity contribution >= 4 is 17.6 Å². The highest BCUT2D eigenvalue weighted by Crippen LogP contribution is 2.39. The number of carboxylic acid groups (broad SMARTS) is 1. The molecule has 0 saturated heterocycles. The largest absolute Gasteiger partial charge is 0.505 e. The highest BCUT2D eigenvalue weighted by molar-refractivity contribution is 6.31. The third-order valence-corrected chi connectivity index (χ3v) is 4.29. The van der Waals surface area contributed by atoms with Crippen LogP contribution in [-0.4, -0.2) is 32.3 Å². The Morgan fingerprint density at radius 2 is 2.17 bits per heavy atom. The molecule has 7 nitrogen and oxygen atoms in total. The van der Waals surface area contributed by atoms with Gasteiger partial charge >= 0.3 is 5.97 Å². The summed E-state index contributed by atoms with van der Waals surface area (Å²) in [6.07, 6.45) is 1.31. The predicted molar refractivity (Wildman–Crippen MR) is 86.9 cm³/mol. The van der Waals surface area contributed by atoms with Crippen LogP contribution >= 0.6 is 11.6 Å². The Morgan fingerprint density at radius 3 is 2.79 bits per heavy atom. The van der Waals surface area contributed by atoms with Crippen molar-refractivity contribution in [1.82, 2.24) is 9.55 Å². The smallest absolute Gasteiger partial charge is 0.341 e. The summed E-state index contributed by atoms with van der Waals surface area (Å²) in [5.74, 6) is -1.13. The molecule has 0 bridgehead atoms. The van der Waals surface area contributed by atoms with Crippen LogP contribution in [0.25, 0.3) is 11.4 Å². The minimum atomic E-state index is -1.29. The molecule has 2 aromatic heterocycles. The number of ether oxygens (including phenoxy) is 1. The van der Waals surface area contributed by atoms with E-state index in [-0.39, 0.29) is 46.5 Å². The number of halogens is 1. The Labute approximate surface area is 142 Å². The number of rotatable bonds is 2. The van der Waals surface area contributed by atoms with Crippen molar-refractivity contribution < 1.29 is 19.7 Å². The Bertz CT molecular complexity index is 891. The second kappa shape index (κ2) is 5.83. The summed E-state index contributed by atoms with van der Waals surface area (Å²) < 4.78 is 7.41. The van der Waals surface area contributed by atoms with E-state index in [1.165, 1.54) is 18.3 Å². The number of nitrogens with zero attached hydrogens (tertiary/aromatic N) is 2. The third-order valence-electron chi connectivity index (χ3n) is 4.01. The summed E-state index contributed by atoms with van der Waals surface area (Å²) >= 11 is 5.89. The highest BCUT2D eigenvalue weighted by Gasteiger charge is 2.28. The fraction of sp³-hybridized carbons (Fsp3) is 0.312. The van der Waals surface area contributed by atoms with Crippen molar-refractivity contribution in [1.29, 1.82) is 0 Å². The van der Waals surface area contributed by atoms with Gasteiger partial charge in [-0.15, -0.1) is 0 Å². The number of carbonyl (C=O) groups is 1. The first-order chi connectivity index (χ1) is 11.3. The quantitative estimate of drug-likeness (QED) is 0.807. The molecule has 0 fully saturated rings. The van der Waals surface area contributed by atoms with E-state index in [0.29, 0.717) is 5.69 Å². The maximum Gasteiger partial charge on any atom is 0.341 e. The topological polar surface area (TPSA) is 102 Å². The number of carboxylic acids is 1. The lowest BCUT2D eigenvalue weighted by Gasteiger charge is -2.24. The van der Waals surface area contributed by atoms with E-state index < -0.39 is 11.4 Å². The van der Waals surface area contributed by atoms with Crippen LogP contribution in [0.3, 0.4) is 0 Å². The number of fused-ring (bicyclic) bond motifs is 3. The molecule has 3 heterocycles. The second-order valence-electron chi connectivity index (χ2n) is 5.92. The van der Waals surface area contributed by atoms with Gasteiger partial charge in [0.15, 0.2) is 22.1 Å².